The lowest BCUT2D eigenvalue weighted by atomic mass is 9.91. The number of rotatable bonds is 8. The molecule has 0 atom stereocenters. The highest BCUT2D eigenvalue weighted by Crippen LogP contribution is 2.21. The van der Waals surface area contributed by atoms with Gasteiger partial charge in [0.1, 0.15) is 0 Å². The van der Waals surface area contributed by atoms with Crippen LogP contribution in [0.5, 0.6) is 0 Å². The first-order valence-electron chi connectivity index (χ1n) is 8.57. The smallest absolute Gasteiger partial charge is 0.00204 e. The van der Waals surface area contributed by atoms with Crippen molar-refractivity contribution in [1.29, 1.82) is 0 Å². The molecule has 18 heavy (non-hydrogen) atoms. The van der Waals surface area contributed by atoms with Gasteiger partial charge in [-0.2, -0.15) is 0 Å². The average molecular weight is 253 g/mol. The Bertz CT molecular complexity index is 164. The van der Waals surface area contributed by atoms with E-state index in [0.717, 1.165) is 11.8 Å². The van der Waals surface area contributed by atoms with Crippen LogP contribution in [0.3, 0.4) is 0 Å². The Morgan fingerprint density at radius 1 is 0.889 bits per heavy atom. The molecule has 0 aliphatic heterocycles. The molecular weight excluding hydrogens is 218 g/mol. The van der Waals surface area contributed by atoms with Crippen LogP contribution < -0.4 is 5.32 Å². The van der Waals surface area contributed by atoms with Gasteiger partial charge in [0.2, 0.25) is 0 Å². The zero-order valence-corrected chi connectivity index (χ0v) is 12.8. The summed E-state index contributed by atoms with van der Waals surface area (Å²) in [6.45, 7) is 7.18. The van der Waals surface area contributed by atoms with E-state index in [1.165, 1.54) is 83.7 Å². The van der Waals surface area contributed by atoms with Crippen molar-refractivity contribution in [1.82, 2.24) is 5.32 Å². The molecular formula is C17H35N. The molecule has 1 rings (SSSR count). The van der Waals surface area contributed by atoms with Gasteiger partial charge in [-0.15, -0.1) is 0 Å². The number of nitrogens with one attached hydrogen (secondary N) is 1. The summed E-state index contributed by atoms with van der Waals surface area (Å²) in [5, 5.41) is 3.77. The van der Waals surface area contributed by atoms with Crippen LogP contribution in [-0.2, 0) is 0 Å². The lowest BCUT2D eigenvalue weighted by molar-refractivity contribution is 0.338. The van der Waals surface area contributed by atoms with Gasteiger partial charge in [0.25, 0.3) is 0 Å². The Balaban J connectivity index is 2.13. The highest BCUT2D eigenvalue weighted by molar-refractivity contribution is 4.68. The summed E-state index contributed by atoms with van der Waals surface area (Å²) in [6.07, 6.45) is 15.8. The highest BCUT2D eigenvalue weighted by atomic mass is 14.9. The fourth-order valence-electron chi connectivity index (χ4n) is 3.40. The summed E-state index contributed by atoms with van der Waals surface area (Å²) in [6, 6.07) is 0. The number of hydrogen-bond acceptors (Lipinski definition) is 1. The fourth-order valence-corrected chi connectivity index (χ4v) is 3.40. The van der Waals surface area contributed by atoms with Crippen LogP contribution in [0.15, 0.2) is 0 Å². The van der Waals surface area contributed by atoms with E-state index < -0.39 is 0 Å². The number of hydrogen-bond donors (Lipinski definition) is 1. The molecule has 1 fully saturated rings. The second-order valence-corrected chi connectivity index (χ2v) is 6.31. The lowest BCUT2D eigenvalue weighted by Gasteiger charge is -2.22. The van der Waals surface area contributed by atoms with Crippen LogP contribution in [0.4, 0.5) is 0 Å². The first kappa shape index (κ1) is 16.0. The maximum absolute atomic E-state index is 3.77. The Labute approximate surface area is 115 Å². The van der Waals surface area contributed by atoms with Crippen LogP contribution in [0.2, 0.25) is 0 Å². The summed E-state index contributed by atoms with van der Waals surface area (Å²) < 4.78 is 0. The first-order valence-corrected chi connectivity index (χ1v) is 8.57. The molecule has 1 aliphatic rings. The molecule has 0 unspecified atom stereocenters. The van der Waals surface area contributed by atoms with Gasteiger partial charge in [-0.25, -0.2) is 0 Å². The quantitative estimate of drug-likeness (QED) is 0.630. The monoisotopic (exact) mass is 253 g/mol. The van der Waals surface area contributed by atoms with Crippen LogP contribution in [0.25, 0.3) is 0 Å². The van der Waals surface area contributed by atoms with E-state index in [1.807, 2.05) is 0 Å². The van der Waals surface area contributed by atoms with Crippen molar-refractivity contribution < 1.29 is 0 Å². The molecule has 1 aliphatic carbocycles. The third-order valence-corrected chi connectivity index (χ3v) is 4.48. The van der Waals surface area contributed by atoms with Gasteiger partial charge in [-0.05, 0) is 50.6 Å². The molecule has 0 aromatic carbocycles. The largest absolute Gasteiger partial charge is 0.316 e. The summed E-state index contributed by atoms with van der Waals surface area (Å²) in [7, 11) is 0. The van der Waals surface area contributed by atoms with Crippen molar-refractivity contribution in [2.75, 3.05) is 13.1 Å². The predicted molar refractivity (Wildman–Crippen MR) is 82.0 cm³/mol. The normalized spacial score (nSPS) is 18.8. The van der Waals surface area contributed by atoms with Gasteiger partial charge in [0.15, 0.2) is 0 Å². The van der Waals surface area contributed by atoms with E-state index in [-0.39, 0.29) is 0 Å². The molecule has 0 spiro atoms. The van der Waals surface area contributed by atoms with Crippen molar-refractivity contribution in [3.63, 3.8) is 0 Å². The van der Waals surface area contributed by atoms with E-state index in [0.29, 0.717) is 0 Å². The minimum atomic E-state index is 0.925. The van der Waals surface area contributed by atoms with Gasteiger partial charge < -0.3 is 5.32 Å². The highest BCUT2D eigenvalue weighted by Gasteiger charge is 2.12. The molecule has 0 saturated heterocycles. The second-order valence-electron chi connectivity index (χ2n) is 6.31. The topological polar surface area (TPSA) is 12.0 Å². The van der Waals surface area contributed by atoms with Gasteiger partial charge in [-0.3, -0.25) is 0 Å². The molecule has 0 amide bonds. The molecule has 1 saturated carbocycles. The van der Waals surface area contributed by atoms with Crippen LogP contribution in [0, 0.1) is 11.8 Å². The zero-order chi connectivity index (χ0) is 13.1. The van der Waals surface area contributed by atoms with E-state index in [4.69, 9.17) is 0 Å². The molecule has 0 heterocycles. The van der Waals surface area contributed by atoms with Gasteiger partial charge in [0.05, 0.1) is 0 Å². The fraction of sp³-hybridized carbons (Fsp3) is 1.00. The van der Waals surface area contributed by atoms with E-state index in [1.54, 1.807) is 0 Å². The summed E-state index contributed by atoms with van der Waals surface area (Å²) in [5.74, 6) is 1.89. The van der Waals surface area contributed by atoms with Crippen molar-refractivity contribution in [2.24, 2.45) is 11.8 Å². The Hall–Kier alpha value is -0.0400. The van der Waals surface area contributed by atoms with Crippen molar-refractivity contribution in [3.8, 4) is 0 Å². The molecule has 1 heteroatoms. The van der Waals surface area contributed by atoms with Gasteiger partial charge >= 0.3 is 0 Å². The Morgan fingerprint density at radius 2 is 1.44 bits per heavy atom. The van der Waals surface area contributed by atoms with Crippen molar-refractivity contribution in [2.45, 2.75) is 84.5 Å². The molecule has 0 radical (unpaired) electrons. The van der Waals surface area contributed by atoms with E-state index in [2.05, 4.69) is 19.2 Å². The molecule has 0 bridgehead atoms. The average Bonchev–Trinajstić information content (AvgIpc) is 2.32. The Kier molecular flexibility index (Phi) is 9.65. The SMILES string of the molecule is CCCC(CCC)CNCC1CCCCCCC1. The molecule has 1 N–H and O–H groups in total. The minimum Gasteiger partial charge on any atom is -0.316 e. The third kappa shape index (κ3) is 7.41. The molecule has 1 nitrogen and oxygen atoms in total. The Morgan fingerprint density at radius 3 is 2.00 bits per heavy atom. The van der Waals surface area contributed by atoms with Crippen molar-refractivity contribution >= 4 is 0 Å². The van der Waals surface area contributed by atoms with Crippen LogP contribution in [-0.4, -0.2) is 13.1 Å². The summed E-state index contributed by atoms with van der Waals surface area (Å²) >= 11 is 0. The van der Waals surface area contributed by atoms with Gasteiger partial charge in [-0.1, -0.05) is 58.8 Å². The lowest BCUT2D eigenvalue weighted by Crippen LogP contribution is -2.28. The maximum Gasteiger partial charge on any atom is -0.00204 e. The zero-order valence-electron chi connectivity index (χ0n) is 12.8. The summed E-state index contributed by atoms with van der Waals surface area (Å²) in [4.78, 5) is 0. The minimum absolute atomic E-state index is 0.925. The van der Waals surface area contributed by atoms with Gasteiger partial charge in [0, 0.05) is 0 Å². The van der Waals surface area contributed by atoms with E-state index in [9.17, 15) is 0 Å². The third-order valence-electron chi connectivity index (χ3n) is 4.48. The molecule has 0 aromatic heterocycles. The first-order chi connectivity index (χ1) is 8.86. The van der Waals surface area contributed by atoms with Crippen LogP contribution in [0.1, 0.15) is 84.5 Å². The predicted octanol–water partition coefficient (Wildman–Crippen LogP) is 5.15. The van der Waals surface area contributed by atoms with E-state index >= 15 is 0 Å². The van der Waals surface area contributed by atoms with Crippen molar-refractivity contribution in [3.05, 3.63) is 0 Å². The molecule has 108 valence electrons. The summed E-state index contributed by atoms with van der Waals surface area (Å²) in [5.41, 5.74) is 0. The van der Waals surface area contributed by atoms with Crippen LogP contribution >= 0.6 is 0 Å². The standard InChI is InChI=1S/C17H35N/c1-3-10-16(11-4-2)14-18-15-17-12-8-6-5-7-9-13-17/h16-18H,3-15H2,1-2H3. The molecule has 0 aromatic rings. The second kappa shape index (κ2) is 10.8. The maximum atomic E-state index is 3.77.